The van der Waals surface area contributed by atoms with Crippen LogP contribution < -0.4 is 10.6 Å². The average Bonchev–Trinajstić information content (AvgIpc) is 2.95. The zero-order valence-electron chi connectivity index (χ0n) is 22.4. The quantitative estimate of drug-likeness (QED) is 0.0705. The molecule has 14 N–H and O–H groups in total. The highest BCUT2D eigenvalue weighted by Gasteiger charge is 2.49. The van der Waals surface area contributed by atoms with Gasteiger partial charge in [0.25, 0.3) is 0 Å². The Balaban J connectivity index is 1.67. The zero-order chi connectivity index (χ0) is 32.3. The summed E-state index contributed by atoms with van der Waals surface area (Å²) in [6.07, 6.45) is -10.8. The summed E-state index contributed by atoms with van der Waals surface area (Å²) in [4.78, 5) is 23.6. The molecular weight excluding hydrogens is 604 g/mol. The lowest BCUT2D eigenvalue weighted by atomic mass is 9.96. The first-order chi connectivity index (χ1) is 20.0. The molecule has 0 saturated carbocycles. The van der Waals surface area contributed by atoms with Crippen LogP contribution in [0.25, 0.3) is 0 Å². The molecule has 0 spiro atoms. The van der Waals surface area contributed by atoms with Crippen molar-refractivity contribution in [3.05, 3.63) is 17.7 Å². The van der Waals surface area contributed by atoms with E-state index < -0.39 is 110 Å². The van der Waals surface area contributed by atoms with Crippen molar-refractivity contribution in [2.75, 3.05) is 32.1 Å². The predicted molar refractivity (Wildman–Crippen MR) is 141 cm³/mol. The van der Waals surface area contributed by atoms with Crippen LogP contribution in [-0.4, -0.2) is 166 Å². The van der Waals surface area contributed by atoms with E-state index >= 15 is 0 Å². The molecule has 1 aromatic carbocycles. The second-order valence-electron chi connectivity index (χ2n) is 10.3. The Labute approximate surface area is 247 Å². The van der Waals surface area contributed by atoms with Gasteiger partial charge in [-0.3, -0.25) is 20.2 Å². The first-order valence-corrected chi connectivity index (χ1v) is 13.9. The lowest BCUT2D eigenvalue weighted by Crippen LogP contribution is -2.65. The van der Waals surface area contributed by atoms with E-state index in [2.05, 4.69) is 10.6 Å². The number of aliphatic hydroxyl groups excluding tert-OH is 6. The Morgan fingerprint density at radius 1 is 0.837 bits per heavy atom. The Morgan fingerprint density at radius 3 is 1.77 bits per heavy atom. The molecule has 0 radical (unpaired) electrons. The summed E-state index contributed by atoms with van der Waals surface area (Å²) in [5.74, 6) is -9.34. The number of carboxylic acid groups (broad SMARTS) is 2. The van der Waals surface area contributed by atoms with Gasteiger partial charge in [-0.1, -0.05) is 0 Å². The van der Waals surface area contributed by atoms with Crippen LogP contribution in [0.3, 0.4) is 0 Å². The van der Waals surface area contributed by atoms with Gasteiger partial charge in [-0.25, -0.2) is 0 Å². The number of carboxylic acids is 2. The van der Waals surface area contributed by atoms with Crippen LogP contribution in [0.1, 0.15) is 5.56 Å². The number of aliphatic carboxylic acids is 2. The van der Waals surface area contributed by atoms with Crippen molar-refractivity contribution in [2.45, 2.75) is 71.6 Å². The molecule has 2 fully saturated rings. The fourth-order valence-corrected chi connectivity index (χ4v) is 5.46. The van der Waals surface area contributed by atoms with E-state index in [1.807, 2.05) is 0 Å². The number of aliphatic hydroxyl groups is 8. The van der Waals surface area contributed by atoms with E-state index in [1.54, 1.807) is 0 Å². The number of hydrogen-bond acceptors (Lipinski definition) is 17. The first-order valence-electron chi connectivity index (χ1n) is 12.9. The predicted octanol–water partition coefficient (Wildman–Crippen LogP) is -5.58. The minimum atomic E-state index is -2.44. The Bertz CT molecular complexity index is 1150. The minimum Gasteiger partial charge on any atom is -0.504 e. The number of phenolic OH excluding ortho intramolecular Hbond substituents is 2. The molecule has 10 atom stereocenters. The number of hydrogen-bond donors (Lipinski definition) is 14. The van der Waals surface area contributed by atoms with Gasteiger partial charge in [0.15, 0.2) is 11.5 Å². The van der Waals surface area contributed by atoms with Crippen molar-refractivity contribution < 1.29 is 80.3 Å². The van der Waals surface area contributed by atoms with Gasteiger partial charge in [-0.05, 0) is 24.1 Å². The van der Waals surface area contributed by atoms with Gasteiger partial charge in [-0.15, -0.1) is 11.8 Å². The fraction of sp³-hybridized carbons (Fsp3) is 0.667. The Hall–Kier alpha value is -2.37. The number of carbonyl (C=O) groups is 2. The van der Waals surface area contributed by atoms with Gasteiger partial charge < -0.3 is 70.8 Å². The van der Waals surface area contributed by atoms with Crippen molar-refractivity contribution >= 4 is 23.7 Å². The van der Waals surface area contributed by atoms with E-state index in [1.165, 1.54) is 6.07 Å². The van der Waals surface area contributed by atoms with Gasteiger partial charge in [-0.2, -0.15) is 0 Å². The summed E-state index contributed by atoms with van der Waals surface area (Å²) in [6, 6.07) is -0.572. The molecule has 244 valence electrons. The van der Waals surface area contributed by atoms with Crippen LogP contribution in [-0.2, 0) is 25.5 Å². The highest BCUT2D eigenvalue weighted by Crippen LogP contribution is 2.38. The van der Waals surface area contributed by atoms with Crippen molar-refractivity contribution in [3.63, 3.8) is 0 Å². The molecule has 3 rings (SSSR count). The molecule has 0 amide bonds. The number of thioether (sulfide) groups is 1. The standard InChI is InChI=1S/C24H36N2O16S/c27-12-2-9(1-10(21(35)36)25-7-23(39)19(33)17(31)13(28)4-41-23)3-15(16(12)30)43-6-11(22(37)38)26-8-24(40)20(34)18(32)14(29)5-42-24/h2-3,10-11,13-14,17-20,25-34,39-40H,1,4-8H2,(H,35,36)(H,37,38)/t10-,11-,13+,14+,17+,18+,19-,20-,23+,24+/m0/s1. The molecule has 2 saturated heterocycles. The van der Waals surface area contributed by atoms with Gasteiger partial charge in [0, 0.05) is 5.75 Å². The topological polar surface area (TPSA) is 319 Å². The van der Waals surface area contributed by atoms with Crippen molar-refractivity contribution in [1.82, 2.24) is 10.6 Å². The number of benzene rings is 1. The maximum absolute atomic E-state index is 11.9. The average molecular weight is 641 g/mol. The van der Waals surface area contributed by atoms with E-state index in [0.29, 0.717) is 0 Å². The number of phenols is 2. The van der Waals surface area contributed by atoms with Crippen LogP contribution in [0.5, 0.6) is 11.5 Å². The van der Waals surface area contributed by atoms with Crippen molar-refractivity contribution in [3.8, 4) is 11.5 Å². The lowest BCUT2D eigenvalue weighted by molar-refractivity contribution is -0.318. The maximum Gasteiger partial charge on any atom is 0.321 e. The van der Waals surface area contributed by atoms with E-state index in [4.69, 9.17) is 9.47 Å². The molecule has 2 aliphatic rings. The smallest absolute Gasteiger partial charge is 0.321 e. The normalized spacial score (nSPS) is 34.4. The number of nitrogens with one attached hydrogen (secondary N) is 2. The van der Waals surface area contributed by atoms with Crippen LogP contribution in [0.2, 0.25) is 0 Å². The monoisotopic (exact) mass is 640 g/mol. The summed E-state index contributed by atoms with van der Waals surface area (Å²) in [5, 5.41) is 125. The molecule has 0 aliphatic carbocycles. The zero-order valence-corrected chi connectivity index (χ0v) is 23.2. The summed E-state index contributed by atoms with van der Waals surface area (Å²) in [6.45, 7) is -2.44. The molecule has 1 aromatic rings. The maximum atomic E-state index is 11.9. The van der Waals surface area contributed by atoms with Crippen LogP contribution in [0.15, 0.2) is 17.0 Å². The molecule has 19 heteroatoms. The van der Waals surface area contributed by atoms with Gasteiger partial charge >= 0.3 is 11.9 Å². The van der Waals surface area contributed by atoms with Crippen LogP contribution in [0.4, 0.5) is 0 Å². The number of rotatable bonds is 13. The molecule has 0 bridgehead atoms. The summed E-state index contributed by atoms with van der Waals surface area (Å²) >= 11 is 0.731. The molecule has 2 aliphatic heterocycles. The summed E-state index contributed by atoms with van der Waals surface area (Å²) in [5.41, 5.74) is 0.144. The Kier molecular flexibility index (Phi) is 11.6. The van der Waals surface area contributed by atoms with E-state index in [-0.39, 0.29) is 22.6 Å². The van der Waals surface area contributed by atoms with E-state index in [0.717, 1.165) is 17.8 Å². The third-order valence-electron chi connectivity index (χ3n) is 7.13. The van der Waals surface area contributed by atoms with Gasteiger partial charge in [0.2, 0.25) is 11.6 Å². The molecule has 18 nitrogen and oxygen atoms in total. The van der Waals surface area contributed by atoms with E-state index in [9.17, 15) is 70.9 Å². The molecule has 2 heterocycles. The third kappa shape index (κ3) is 8.22. The Morgan fingerprint density at radius 2 is 1.30 bits per heavy atom. The number of ether oxygens (including phenoxy) is 2. The summed E-state index contributed by atoms with van der Waals surface area (Å²) < 4.78 is 9.98. The molecular formula is C24H36N2O16S. The minimum absolute atomic E-state index is 0.0554. The van der Waals surface area contributed by atoms with Gasteiger partial charge in [0.05, 0.1) is 31.2 Å². The molecule has 0 unspecified atom stereocenters. The third-order valence-corrected chi connectivity index (χ3v) is 8.25. The highest BCUT2D eigenvalue weighted by atomic mass is 32.2. The van der Waals surface area contributed by atoms with Crippen molar-refractivity contribution in [2.24, 2.45) is 0 Å². The fourth-order valence-electron chi connectivity index (χ4n) is 4.38. The second-order valence-corrected chi connectivity index (χ2v) is 11.4. The molecule has 0 aromatic heterocycles. The molecule has 43 heavy (non-hydrogen) atoms. The SMILES string of the molecule is O=C(O)[C@H](CSc1cc(C[C@H](NC[C@@]2(O)OC[C@@H](O)[C@@H](O)[C@@H]2O)C(=O)O)cc(O)c1O)NC[C@@]1(O)OC[C@@H](O)[C@@H](O)[C@@H]1O. The summed E-state index contributed by atoms with van der Waals surface area (Å²) in [7, 11) is 0. The van der Waals surface area contributed by atoms with Crippen LogP contribution >= 0.6 is 11.8 Å². The van der Waals surface area contributed by atoms with Gasteiger partial charge in [0.1, 0.15) is 48.7 Å². The largest absolute Gasteiger partial charge is 0.504 e. The second kappa shape index (κ2) is 14.2. The van der Waals surface area contributed by atoms with Crippen LogP contribution in [0, 0.1) is 0 Å². The number of aromatic hydroxyl groups is 2. The van der Waals surface area contributed by atoms with Crippen molar-refractivity contribution in [1.29, 1.82) is 0 Å². The highest BCUT2D eigenvalue weighted by molar-refractivity contribution is 7.99. The first kappa shape index (κ1) is 35.1. The lowest BCUT2D eigenvalue weighted by Gasteiger charge is -2.42.